The fourth-order valence-corrected chi connectivity index (χ4v) is 3.28. The second-order valence-electron chi connectivity index (χ2n) is 6.02. The van der Waals surface area contributed by atoms with E-state index in [2.05, 4.69) is 5.32 Å². The fraction of sp³-hybridized carbons (Fsp3) is 0.263. The second kappa shape index (κ2) is 7.89. The number of carbonyl (C=O) groups excluding carboxylic acids is 2. The van der Waals surface area contributed by atoms with Crippen molar-refractivity contribution in [2.45, 2.75) is 12.8 Å². The smallest absolute Gasteiger partial charge is 0.227 e. The van der Waals surface area contributed by atoms with Crippen molar-refractivity contribution in [1.29, 1.82) is 0 Å². The van der Waals surface area contributed by atoms with Gasteiger partial charge in [-0.15, -0.1) is 0 Å². The Morgan fingerprint density at radius 3 is 2.56 bits per heavy atom. The first-order valence-electron chi connectivity index (χ1n) is 8.11. The number of rotatable bonds is 5. The van der Waals surface area contributed by atoms with Crippen LogP contribution in [0.2, 0.25) is 10.0 Å². The highest BCUT2D eigenvalue weighted by Crippen LogP contribution is 2.30. The van der Waals surface area contributed by atoms with Crippen LogP contribution in [0.15, 0.2) is 48.5 Å². The summed E-state index contributed by atoms with van der Waals surface area (Å²) in [4.78, 5) is 26.2. The fourth-order valence-electron chi connectivity index (χ4n) is 2.91. The lowest BCUT2D eigenvalue weighted by Crippen LogP contribution is -2.34. The second-order valence-corrected chi connectivity index (χ2v) is 6.87. The molecule has 0 spiro atoms. The van der Waals surface area contributed by atoms with Crippen LogP contribution in [0, 0.1) is 5.92 Å². The van der Waals surface area contributed by atoms with Gasteiger partial charge in [0.2, 0.25) is 11.8 Å². The number of nitrogens with zero attached hydrogens (tertiary/aromatic N) is 1. The maximum absolute atomic E-state index is 12.4. The average molecular weight is 377 g/mol. The minimum absolute atomic E-state index is 0.0778. The van der Waals surface area contributed by atoms with Gasteiger partial charge in [0.25, 0.3) is 0 Å². The minimum Gasteiger partial charge on any atom is -0.355 e. The van der Waals surface area contributed by atoms with Gasteiger partial charge in [0, 0.05) is 24.5 Å². The number of nitrogens with one attached hydrogen (secondary N) is 1. The summed E-state index contributed by atoms with van der Waals surface area (Å²) in [6.45, 7) is 0.882. The zero-order chi connectivity index (χ0) is 17.8. The molecule has 25 heavy (non-hydrogen) atoms. The lowest BCUT2D eigenvalue weighted by atomic mass is 10.1. The number of amides is 2. The van der Waals surface area contributed by atoms with Crippen molar-refractivity contribution in [2.75, 3.05) is 18.0 Å². The lowest BCUT2D eigenvalue weighted by Gasteiger charge is -2.18. The van der Waals surface area contributed by atoms with Gasteiger partial charge in [-0.3, -0.25) is 9.59 Å². The van der Waals surface area contributed by atoms with Gasteiger partial charge < -0.3 is 10.2 Å². The molecule has 6 heteroatoms. The summed E-state index contributed by atoms with van der Waals surface area (Å²) < 4.78 is 0. The van der Waals surface area contributed by atoms with Crippen LogP contribution in [-0.2, 0) is 16.0 Å². The minimum atomic E-state index is -0.353. The van der Waals surface area contributed by atoms with Gasteiger partial charge in [-0.05, 0) is 36.2 Å². The first kappa shape index (κ1) is 17.8. The van der Waals surface area contributed by atoms with E-state index in [9.17, 15) is 9.59 Å². The number of carbonyl (C=O) groups is 2. The molecule has 1 heterocycles. The number of hydrogen-bond acceptors (Lipinski definition) is 2. The van der Waals surface area contributed by atoms with Gasteiger partial charge in [-0.1, -0.05) is 47.5 Å². The molecule has 0 bridgehead atoms. The molecule has 2 aromatic carbocycles. The van der Waals surface area contributed by atoms with E-state index in [0.717, 1.165) is 12.0 Å². The van der Waals surface area contributed by atoms with Crippen LogP contribution in [0.4, 0.5) is 5.69 Å². The molecule has 0 saturated carbocycles. The summed E-state index contributed by atoms with van der Waals surface area (Å²) in [6, 6.07) is 14.7. The first-order valence-corrected chi connectivity index (χ1v) is 8.87. The van der Waals surface area contributed by atoms with Crippen molar-refractivity contribution < 1.29 is 9.59 Å². The van der Waals surface area contributed by atoms with E-state index in [1.807, 2.05) is 36.4 Å². The van der Waals surface area contributed by atoms with Gasteiger partial charge in [0.15, 0.2) is 0 Å². The molecule has 0 aliphatic carbocycles. The molecule has 2 amide bonds. The van der Waals surface area contributed by atoms with Crippen molar-refractivity contribution in [1.82, 2.24) is 5.32 Å². The Kier molecular flexibility index (Phi) is 5.61. The predicted molar refractivity (Wildman–Crippen MR) is 100 cm³/mol. The normalized spacial score (nSPS) is 17.0. The maximum Gasteiger partial charge on any atom is 0.227 e. The lowest BCUT2D eigenvalue weighted by molar-refractivity contribution is -0.126. The molecule has 2 aromatic rings. The van der Waals surface area contributed by atoms with E-state index in [1.165, 1.54) is 0 Å². The van der Waals surface area contributed by atoms with Gasteiger partial charge in [-0.2, -0.15) is 0 Å². The van der Waals surface area contributed by atoms with Crippen LogP contribution in [-0.4, -0.2) is 24.9 Å². The molecule has 130 valence electrons. The highest BCUT2D eigenvalue weighted by molar-refractivity contribution is 6.34. The summed E-state index contributed by atoms with van der Waals surface area (Å²) in [5.74, 6) is -0.531. The van der Waals surface area contributed by atoms with E-state index >= 15 is 0 Å². The summed E-state index contributed by atoms with van der Waals surface area (Å²) in [5.41, 5.74) is 1.76. The van der Waals surface area contributed by atoms with Crippen LogP contribution < -0.4 is 10.2 Å². The SMILES string of the molecule is O=C(NCCc1ccc(Cl)cc1)C1CC(=O)N(c2ccccc2Cl)C1. The molecule has 1 N–H and O–H groups in total. The molecule has 0 radical (unpaired) electrons. The molecule has 0 aromatic heterocycles. The molecule has 1 saturated heterocycles. The molecule has 1 fully saturated rings. The van der Waals surface area contributed by atoms with Gasteiger partial charge in [0.05, 0.1) is 16.6 Å². The number of anilines is 1. The third kappa shape index (κ3) is 4.33. The molecule has 1 unspecified atom stereocenters. The van der Waals surface area contributed by atoms with Crippen LogP contribution in [0.25, 0.3) is 0 Å². The van der Waals surface area contributed by atoms with E-state index in [-0.39, 0.29) is 24.2 Å². The number of para-hydroxylation sites is 1. The van der Waals surface area contributed by atoms with Crippen LogP contribution in [0.3, 0.4) is 0 Å². The Balaban J connectivity index is 1.54. The third-order valence-corrected chi connectivity index (χ3v) is 4.84. The summed E-state index contributed by atoms with van der Waals surface area (Å²) >= 11 is 12.0. The van der Waals surface area contributed by atoms with Crippen molar-refractivity contribution >= 4 is 40.7 Å². The quantitative estimate of drug-likeness (QED) is 0.864. The number of benzene rings is 2. The molecule has 1 aliphatic heterocycles. The zero-order valence-corrected chi connectivity index (χ0v) is 15.1. The van der Waals surface area contributed by atoms with Crippen LogP contribution in [0.5, 0.6) is 0 Å². The largest absolute Gasteiger partial charge is 0.355 e. The maximum atomic E-state index is 12.4. The van der Waals surface area contributed by atoms with Gasteiger partial charge in [0.1, 0.15) is 0 Å². The Labute approximate surface area is 156 Å². The van der Waals surface area contributed by atoms with E-state index in [1.54, 1.807) is 17.0 Å². The van der Waals surface area contributed by atoms with Gasteiger partial charge >= 0.3 is 0 Å². The molecular formula is C19H18Cl2N2O2. The van der Waals surface area contributed by atoms with Crippen molar-refractivity contribution in [3.8, 4) is 0 Å². The summed E-state index contributed by atoms with van der Waals surface area (Å²) in [7, 11) is 0. The summed E-state index contributed by atoms with van der Waals surface area (Å²) in [6.07, 6.45) is 0.926. The standard InChI is InChI=1S/C19H18Cl2N2O2/c20-15-7-5-13(6-8-15)9-10-22-19(25)14-11-18(24)23(12-14)17-4-2-1-3-16(17)21/h1-8,14H,9-12H2,(H,22,25). The third-order valence-electron chi connectivity index (χ3n) is 4.27. The van der Waals surface area contributed by atoms with Gasteiger partial charge in [-0.25, -0.2) is 0 Å². The predicted octanol–water partition coefficient (Wildman–Crippen LogP) is 3.71. The monoisotopic (exact) mass is 376 g/mol. The van der Waals surface area contributed by atoms with E-state index in [4.69, 9.17) is 23.2 Å². The summed E-state index contributed by atoms with van der Waals surface area (Å²) in [5, 5.41) is 4.12. The molecule has 4 nitrogen and oxygen atoms in total. The first-order chi connectivity index (χ1) is 12.0. The molecule has 1 aliphatic rings. The number of halogens is 2. The molecule has 1 atom stereocenters. The number of hydrogen-bond donors (Lipinski definition) is 1. The topological polar surface area (TPSA) is 49.4 Å². The van der Waals surface area contributed by atoms with E-state index < -0.39 is 0 Å². The molecular weight excluding hydrogens is 359 g/mol. The van der Waals surface area contributed by atoms with Crippen LogP contribution >= 0.6 is 23.2 Å². The highest BCUT2D eigenvalue weighted by atomic mass is 35.5. The average Bonchev–Trinajstić information content (AvgIpc) is 2.99. The molecule has 3 rings (SSSR count). The van der Waals surface area contributed by atoms with Crippen molar-refractivity contribution in [2.24, 2.45) is 5.92 Å². The van der Waals surface area contributed by atoms with Crippen molar-refractivity contribution in [3.63, 3.8) is 0 Å². The Bertz CT molecular complexity index is 777. The Hall–Kier alpha value is -2.04. The highest BCUT2D eigenvalue weighted by Gasteiger charge is 2.35. The Morgan fingerprint density at radius 1 is 1.12 bits per heavy atom. The van der Waals surface area contributed by atoms with E-state index in [0.29, 0.717) is 28.8 Å². The zero-order valence-electron chi connectivity index (χ0n) is 13.5. The van der Waals surface area contributed by atoms with Crippen molar-refractivity contribution in [3.05, 3.63) is 64.1 Å². The Morgan fingerprint density at radius 2 is 1.84 bits per heavy atom. The van der Waals surface area contributed by atoms with Crippen LogP contribution in [0.1, 0.15) is 12.0 Å².